The molecule has 0 aromatic carbocycles. The van der Waals surface area contributed by atoms with Gasteiger partial charge in [0.1, 0.15) is 0 Å². The number of nitrogen functional groups attached to an aromatic ring is 1. The van der Waals surface area contributed by atoms with Gasteiger partial charge in [-0.3, -0.25) is 9.69 Å². The number of carbonyl (C=O) groups is 1. The van der Waals surface area contributed by atoms with Crippen LogP contribution in [0.3, 0.4) is 0 Å². The number of hydrogen-bond acceptors (Lipinski definition) is 6. The molecule has 3 N–H and O–H groups in total. The molecule has 21 heavy (non-hydrogen) atoms. The summed E-state index contributed by atoms with van der Waals surface area (Å²) in [6.45, 7) is 9.51. The van der Waals surface area contributed by atoms with Crippen molar-refractivity contribution in [2.24, 2.45) is 5.92 Å². The van der Waals surface area contributed by atoms with Crippen LogP contribution in [0, 0.1) is 5.92 Å². The molecule has 1 aromatic heterocycles. The monoisotopic (exact) mass is 311 g/mol. The number of carbonyl (C=O) groups excluding carboxylic acids is 1. The number of ketones is 1. The van der Waals surface area contributed by atoms with Crippen LogP contribution in [0.15, 0.2) is 6.07 Å². The summed E-state index contributed by atoms with van der Waals surface area (Å²) in [5.74, 6) is 0.110. The standard InChI is InChI=1S/C15H25N3O2S/c1-11(2)14(19)15-12(16)10-13(21-15)17-4-3-5-18-6-8-20-9-7-18/h10-11,17H,3-9,16H2,1-2H3. The lowest BCUT2D eigenvalue weighted by molar-refractivity contribution is 0.0378. The minimum atomic E-state index is -0.0138. The van der Waals surface area contributed by atoms with Crippen LogP contribution in [0.5, 0.6) is 0 Å². The highest BCUT2D eigenvalue weighted by atomic mass is 32.1. The minimum absolute atomic E-state index is 0.0138. The van der Waals surface area contributed by atoms with Crippen LogP contribution in [0.2, 0.25) is 0 Å². The van der Waals surface area contributed by atoms with E-state index in [9.17, 15) is 4.79 Å². The minimum Gasteiger partial charge on any atom is -0.397 e. The molecule has 2 heterocycles. The molecule has 0 spiro atoms. The van der Waals surface area contributed by atoms with E-state index in [1.54, 1.807) is 0 Å². The number of morpholine rings is 1. The number of Topliss-reactive ketones (excluding diaryl/α,β-unsaturated/α-hetero) is 1. The first-order valence-corrected chi connectivity index (χ1v) is 8.37. The first-order valence-electron chi connectivity index (χ1n) is 7.55. The van der Waals surface area contributed by atoms with E-state index in [0.29, 0.717) is 10.6 Å². The fraction of sp³-hybridized carbons (Fsp3) is 0.667. The molecule has 6 heteroatoms. The van der Waals surface area contributed by atoms with Crippen molar-refractivity contribution in [3.63, 3.8) is 0 Å². The third kappa shape index (κ3) is 4.69. The van der Waals surface area contributed by atoms with Crippen LogP contribution in [0.25, 0.3) is 0 Å². The van der Waals surface area contributed by atoms with Gasteiger partial charge in [-0.25, -0.2) is 0 Å². The van der Waals surface area contributed by atoms with Gasteiger partial charge in [-0.2, -0.15) is 0 Å². The normalized spacial score (nSPS) is 16.3. The van der Waals surface area contributed by atoms with Crippen molar-refractivity contribution in [2.75, 3.05) is 50.4 Å². The van der Waals surface area contributed by atoms with E-state index in [2.05, 4.69) is 10.2 Å². The number of rotatable bonds is 7. The van der Waals surface area contributed by atoms with Gasteiger partial charge in [0.25, 0.3) is 0 Å². The Balaban J connectivity index is 1.75. The third-order valence-electron chi connectivity index (χ3n) is 3.56. The van der Waals surface area contributed by atoms with Gasteiger partial charge in [-0.15, -0.1) is 11.3 Å². The Morgan fingerprint density at radius 2 is 2.19 bits per heavy atom. The molecule has 1 aromatic rings. The van der Waals surface area contributed by atoms with Crippen LogP contribution in [0.4, 0.5) is 10.7 Å². The van der Waals surface area contributed by atoms with Gasteiger partial charge in [0, 0.05) is 25.6 Å². The Labute approximate surface area is 130 Å². The number of thiophene rings is 1. The van der Waals surface area contributed by atoms with Crippen molar-refractivity contribution in [2.45, 2.75) is 20.3 Å². The van der Waals surface area contributed by atoms with Crippen molar-refractivity contribution in [1.82, 2.24) is 4.90 Å². The molecule has 0 saturated carbocycles. The quantitative estimate of drug-likeness (QED) is 0.597. The summed E-state index contributed by atoms with van der Waals surface area (Å²) in [7, 11) is 0. The Kier molecular flexibility index (Phi) is 6.02. The SMILES string of the molecule is CC(C)C(=O)c1sc(NCCCN2CCOCC2)cc1N. The molecule has 0 bridgehead atoms. The van der Waals surface area contributed by atoms with Gasteiger partial charge >= 0.3 is 0 Å². The second-order valence-corrected chi connectivity index (χ2v) is 6.70. The molecule has 1 fully saturated rings. The van der Waals surface area contributed by atoms with E-state index < -0.39 is 0 Å². The van der Waals surface area contributed by atoms with Crippen molar-refractivity contribution in [3.05, 3.63) is 10.9 Å². The first kappa shape index (κ1) is 16.3. The number of nitrogens with two attached hydrogens (primary N) is 1. The van der Waals surface area contributed by atoms with Crippen LogP contribution >= 0.6 is 11.3 Å². The zero-order chi connectivity index (χ0) is 15.2. The van der Waals surface area contributed by atoms with Gasteiger partial charge in [0.15, 0.2) is 5.78 Å². The first-order chi connectivity index (χ1) is 10.1. The van der Waals surface area contributed by atoms with Crippen LogP contribution in [-0.4, -0.2) is 50.1 Å². The third-order valence-corrected chi connectivity index (χ3v) is 4.69. The average Bonchev–Trinajstić information content (AvgIpc) is 2.85. The molecule has 0 atom stereocenters. The maximum atomic E-state index is 12.0. The van der Waals surface area contributed by atoms with Gasteiger partial charge in [-0.05, 0) is 19.0 Å². The van der Waals surface area contributed by atoms with Gasteiger partial charge in [0.2, 0.25) is 0 Å². The Hall–Kier alpha value is -1.11. The molecule has 118 valence electrons. The maximum absolute atomic E-state index is 12.0. The number of hydrogen-bond donors (Lipinski definition) is 2. The Morgan fingerprint density at radius 3 is 2.86 bits per heavy atom. The lowest BCUT2D eigenvalue weighted by Gasteiger charge is -2.26. The molecule has 0 amide bonds. The lowest BCUT2D eigenvalue weighted by atomic mass is 10.1. The van der Waals surface area contributed by atoms with Gasteiger partial charge in [-0.1, -0.05) is 13.8 Å². The van der Waals surface area contributed by atoms with E-state index in [1.165, 1.54) is 11.3 Å². The predicted molar refractivity (Wildman–Crippen MR) is 88.3 cm³/mol. The van der Waals surface area contributed by atoms with Crippen molar-refractivity contribution >= 4 is 27.8 Å². The molecule has 1 aliphatic heterocycles. The van der Waals surface area contributed by atoms with Crippen LogP contribution in [0.1, 0.15) is 29.9 Å². The smallest absolute Gasteiger partial charge is 0.177 e. The number of nitrogens with zero attached hydrogens (tertiary/aromatic N) is 1. The summed E-state index contributed by atoms with van der Waals surface area (Å²) < 4.78 is 5.33. The average molecular weight is 311 g/mol. The zero-order valence-electron chi connectivity index (χ0n) is 12.9. The van der Waals surface area contributed by atoms with E-state index in [0.717, 1.165) is 50.8 Å². The van der Waals surface area contributed by atoms with E-state index in [-0.39, 0.29) is 11.7 Å². The molecule has 1 saturated heterocycles. The molecule has 0 unspecified atom stereocenters. The predicted octanol–water partition coefficient (Wildman–Crippen LogP) is 2.30. The summed E-state index contributed by atoms with van der Waals surface area (Å²) in [6, 6.07) is 1.87. The fourth-order valence-electron chi connectivity index (χ4n) is 2.29. The number of ether oxygens (including phenoxy) is 1. The Bertz CT molecular complexity index is 467. The lowest BCUT2D eigenvalue weighted by Crippen LogP contribution is -2.37. The molecule has 0 aliphatic carbocycles. The second kappa shape index (κ2) is 7.77. The topological polar surface area (TPSA) is 67.6 Å². The van der Waals surface area contributed by atoms with E-state index in [1.807, 2.05) is 19.9 Å². The zero-order valence-corrected chi connectivity index (χ0v) is 13.7. The van der Waals surface area contributed by atoms with E-state index in [4.69, 9.17) is 10.5 Å². The maximum Gasteiger partial charge on any atom is 0.177 e. The summed E-state index contributed by atoms with van der Waals surface area (Å²) in [4.78, 5) is 15.1. The number of anilines is 2. The highest BCUT2D eigenvalue weighted by Crippen LogP contribution is 2.31. The summed E-state index contributed by atoms with van der Waals surface area (Å²) in [6.07, 6.45) is 1.07. The van der Waals surface area contributed by atoms with Crippen LogP contribution in [-0.2, 0) is 4.74 Å². The van der Waals surface area contributed by atoms with Crippen LogP contribution < -0.4 is 11.1 Å². The second-order valence-electron chi connectivity index (χ2n) is 5.65. The highest BCUT2D eigenvalue weighted by Gasteiger charge is 2.17. The molecular weight excluding hydrogens is 286 g/mol. The van der Waals surface area contributed by atoms with Crippen molar-refractivity contribution in [3.8, 4) is 0 Å². The molecular formula is C15H25N3O2S. The largest absolute Gasteiger partial charge is 0.397 e. The van der Waals surface area contributed by atoms with Gasteiger partial charge < -0.3 is 15.8 Å². The van der Waals surface area contributed by atoms with Gasteiger partial charge in [0.05, 0.1) is 28.8 Å². The molecule has 0 radical (unpaired) electrons. The van der Waals surface area contributed by atoms with E-state index >= 15 is 0 Å². The molecule has 2 rings (SSSR count). The summed E-state index contributed by atoms with van der Waals surface area (Å²) in [5, 5.41) is 4.35. The summed E-state index contributed by atoms with van der Waals surface area (Å²) >= 11 is 1.46. The highest BCUT2D eigenvalue weighted by molar-refractivity contribution is 7.18. The fourth-order valence-corrected chi connectivity index (χ4v) is 3.38. The Morgan fingerprint density at radius 1 is 1.48 bits per heavy atom. The molecule has 1 aliphatic rings. The molecule has 5 nitrogen and oxygen atoms in total. The number of nitrogens with one attached hydrogen (secondary N) is 1. The summed E-state index contributed by atoms with van der Waals surface area (Å²) in [5.41, 5.74) is 6.52. The van der Waals surface area contributed by atoms with Crippen molar-refractivity contribution in [1.29, 1.82) is 0 Å². The van der Waals surface area contributed by atoms with Crippen molar-refractivity contribution < 1.29 is 9.53 Å².